The average Bonchev–Trinajstić information content (AvgIpc) is 2.26. The molecule has 1 heteroatoms. The molecule has 1 rings (SSSR count). The van der Waals surface area contributed by atoms with Crippen LogP contribution >= 0.6 is 0 Å². The number of para-hydroxylation sites is 1. The van der Waals surface area contributed by atoms with Gasteiger partial charge < -0.3 is 5.32 Å². The van der Waals surface area contributed by atoms with Gasteiger partial charge in [-0.25, -0.2) is 0 Å². The molecule has 0 aliphatic heterocycles. The maximum absolute atomic E-state index is 3.70. The van der Waals surface area contributed by atoms with Crippen molar-refractivity contribution in [2.75, 3.05) is 11.9 Å². The van der Waals surface area contributed by atoms with E-state index in [0.717, 1.165) is 6.54 Å². The van der Waals surface area contributed by atoms with Crippen LogP contribution in [0.15, 0.2) is 18.2 Å². The van der Waals surface area contributed by atoms with Crippen molar-refractivity contribution in [3.05, 3.63) is 29.3 Å². The smallest absolute Gasteiger partial charge is 0.0416 e. The number of benzene rings is 1. The quantitative estimate of drug-likeness (QED) is 0.706. The number of rotatable bonds is 4. The lowest BCUT2D eigenvalue weighted by atomic mass is 9.78. The van der Waals surface area contributed by atoms with Crippen molar-refractivity contribution in [1.29, 1.82) is 0 Å². The van der Waals surface area contributed by atoms with E-state index in [9.17, 15) is 0 Å². The van der Waals surface area contributed by atoms with Gasteiger partial charge in [0.2, 0.25) is 0 Å². The minimum Gasteiger partial charge on any atom is -0.385 e. The molecular formula is C18H31N. The average molecular weight is 261 g/mol. The fourth-order valence-corrected chi connectivity index (χ4v) is 2.38. The topological polar surface area (TPSA) is 12.0 Å². The molecule has 0 spiro atoms. The fourth-order valence-electron chi connectivity index (χ4n) is 2.38. The molecule has 0 aliphatic carbocycles. The maximum atomic E-state index is 3.70. The first-order chi connectivity index (χ1) is 8.68. The van der Waals surface area contributed by atoms with Crippen LogP contribution in [-0.4, -0.2) is 6.54 Å². The summed E-state index contributed by atoms with van der Waals surface area (Å²) in [5.74, 6) is 0. The van der Waals surface area contributed by atoms with Crippen molar-refractivity contribution in [1.82, 2.24) is 0 Å². The van der Waals surface area contributed by atoms with Crippen LogP contribution < -0.4 is 5.32 Å². The molecule has 0 bridgehead atoms. The molecule has 1 nitrogen and oxygen atoms in total. The van der Waals surface area contributed by atoms with Gasteiger partial charge in [0.1, 0.15) is 0 Å². The summed E-state index contributed by atoms with van der Waals surface area (Å²) in [5, 5.41) is 3.70. The van der Waals surface area contributed by atoms with Gasteiger partial charge in [-0.2, -0.15) is 0 Å². The zero-order valence-corrected chi connectivity index (χ0v) is 13.9. The second-order valence-electron chi connectivity index (χ2n) is 7.51. The van der Waals surface area contributed by atoms with E-state index in [1.165, 1.54) is 29.7 Å². The van der Waals surface area contributed by atoms with E-state index < -0.39 is 0 Å². The third kappa shape index (κ3) is 4.26. The largest absolute Gasteiger partial charge is 0.385 e. The number of unbranched alkanes of at least 4 members (excludes halogenated alkanes) is 1. The van der Waals surface area contributed by atoms with Gasteiger partial charge in [0, 0.05) is 12.2 Å². The van der Waals surface area contributed by atoms with Crippen LogP contribution in [0, 0.1) is 0 Å². The second kappa shape index (κ2) is 5.98. The Morgan fingerprint density at radius 2 is 1.37 bits per heavy atom. The lowest BCUT2D eigenvalue weighted by Crippen LogP contribution is -2.21. The predicted molar refractivity (Wildman–Crippen MR) is 87.2 cm³/mol. The third-order valence-electron chi connectivity index (χ3n) is 3.51. The summed E-state index contributed by atoms with van der Waals surface area (Å²) in [6.07, 6.45) is 2.46. The molecule has 1 aromatic carbocycles. The zero-order valence-electron chi connectivity index (χ0n) is 13.9. The number of anilines is 1. The Balaban J connectivity index is 3.25. The van der Waals surface area contributed by atoms with Crippen LogP contribution in [0.1, 0.15) is 72.4 Å². The Morgan fingerprint density at radius 1 is 0.895 bits per heavy atom. The van der Waals surface area contributed by atoms with Crippen LogP contribution in [0.3, 0.4) is 0 Å². The SMILES string of the molecule is CCCCNc1c(C(C)(C)C)cccc1C(C)(C)C. The van der Waals surface area contributed by atoms with Gasteiger partial charge in [0.05, 0.1) is 0 Å². The molecule has 1 aromatic rings. The van der Waals surface area contributed by atoms with Crippen molar-refractivity contribution >= 4 is 5.69 Å². The molecule has 0 saturated carbocycles. The molecule has 0 atom stereocenters. The first-order valence-corrected chi connectivity index (χ1v) is 7.55. The van der Waals surface area contributed by atoms with E-state index in [1.54, 1.807) is 0 Å². The second-order valence-corrected chi connectivity index (χ2v) is 7.51. The van der Waals surface area contributed by atoms with Crippen molar-refractivity contribution in [2.24, 2.45) is 0 Å². The van der Waals surface area contributed by atoms with Gasteiger partial charge in [-0.05, 0) is 28.4 Å². The van der Waals surface area contributed by atoms with Crippen molar-refractivity contribution in [3.63, 3.8) is 0 Å². The molecule has 1 N–H and O–H groups in total. The Morgan fingerprint density at radius 3 is 1.74 bits per heavy atom. The first kappa shape index (κ1) is 16.1. The molecule has 0 unspecified atom stereocenters. The highest BCUT2D eigenvalue weighted by atomic mass is 14.9. The van der Waals surface area contributed by atoms with Crippen LogP contribution in [0.2, 0.25) is 0 Å². The maximum Gasteiger partial charge on any atom is 0.0416 e. The Bertz CT molecular complexity index is 372. The van der Waals surface area contributed by atoms with E-state index in [1.807, 2.05) is 0 Å². The number of hydrogen-bond donors (Lipinski definition) is 1. The van der Waals surface area contributed by atoms with Gasteiger partial charge >= 0.3 is 0 Å². The van der Waals surface area contributed by atoms with Crippen LogP contribution in [0.4, 0.5) is 5.69 Å². The summed E-state index contributed by atoms with van der Waals surface area (Å²) < 4.78 is 0. The molecule has 0 heterocycles. The zero-order chi connectivity index (χ0) is 14.7. The van der Waals surface area contributed by atoms with E-state index in [-0.39, 0.29) is 10.8 Å². The van der Waals surface area contributed by atoms with Gasteiger partial charge in [0.15, 0.2) is 0 Å². The highest BCUT2D eigenvalue weighted by Crippen LogP contribution is 2.37. The summed E-state index contributed by atoms with van der Waals surface area (Å²) in [5.41, 5.74) is 4.56. The van der Waals surface area contributed by atoms with E-state index in [4.69, 9.17) is 0 Å². The Kier molecular flexibility index (Phi) is 5.06. The number of nitrogens with one attached hydrogen (secondary N) is 1. The highest BCUT2D eigenvalue weighted by molar-refractivity contribution is 5.62. The monoisotopic (exact) mass is 261 g/mol. The summed E-state index contributed by atoms with van der Waals surface area (Å²) >= 11 is 0. The summed E-state index contributed by atoms with van der Waals surface area (Å²) in [6.45, 7) is 17.0. The normalized spacial score (nSPS) is 12.6. The molecule has 19 heavy (non-hydrogen) atoms. The molecule has 0 aromatic heterocycles. The summed E-state index contributed by atoms with van der Waals surface area (Å²) in [6, 6.07) is 6.74. The van der Waals surface area contributed by atoms with Crippen LogP contribution in [0.25, 0.3) is 0 Å². The van der Waals surface area contributed by atoms with E-state index >= 15 is 0 Å². The van der Waals surface area contributed by atoms with Gasteiger partial charge in [0.25, 0.3) is 0 Å². The highest BCUT2D eigenvalue weighted by Gasteiger charge is 2.24. The summed E-state index contributed by atoms with van der Waals surface area (Å²) in [4.78, 5) is 0. The molecule has 108 valence electrons. The van der Waals surface area contributed by atoms with Gasteiger partial charge in [-0.1, -0.05) is 73.1 Å². The van der Waals surface area contributed by atoms with Crippen molar-refractivity contribution in [2.45, 2.75) is 72.1 Å². The standard InChI is InChI=1S/C18H31N/c1-8-9-13-19-16-14(17(2,3)4)11-10-12-15(16)18(5,6)7/h10-12,19H,8-9,13H2,1-7H3. The first-order valence-electron chi connectivity index (χ1n) is 7.55. The minimum absolute atomic E-state index is 0.176. The molecule has 0 amide bonds. The van der Waals surface area contributed by atoms with E-state index in [0.29, 0.717) is 0 Å². The fraction of sp³-hybridized carbons (Fsp3) is 0.667. The predicted octanol–water partition coefficient (Wildman–Crippen LogP) is 5.49. The van der Waals surface area contributed by atoms with Gasteiger partial charge in [-0.3, -0.25) is 0 Å². The van der Waals surface area contributed by atoms with Crippen molar-refractivity contribution in [3.8, 4) is 0 Å². The number of hydrogen-bond acceptors (Lipinski definition) is 1. The molecule has 0 radical (unpaired) electrons. The Labute approximate surface area is 119 Å². The third-order valence-corrected chi connectivity index (χ3v) is 3.51. The lowest BCUT2D eigenvalue weighted by molar-refractivity contribution is 0.571. The van der Waals surface area contributed by atoms with Crippen LogP contribution in [-0.2, 0) is 10.8 Å². The molecule has 0 aliphatic rings. The molecule has 0 saturated heterocycles. The Hall–Kier alpha value is -0.980. The van der Waals surface area contributed by atoms with Crippen LogP contribution in [0.5, 0.6) is 0 Å². The van der Waals surface area contributed by atoms with E-state index in [2.05, 4.69) is 72.0 Å². The minimum atomic E-state index is 0.176. The molecular weight excluding hydrogens is 230 g/mol. The molecule has 0 fully saturated rings. The van der Waals surface area contributed by atoms with Gasteiger partial charge in [-0.15, -0.1) is 0 Å². The lowest BCUT2D eigenvalue weighted by Gasteiger charge is -2.30. The summed E-state index contributed by atoms with van der Waals surface area (Å²) in [7, 11) is 0. The van der Waals surface area contributed by atoms with Crippen molar-refractivity contribution < 1.29 is 0 Å².